The van der Waals surface area contributed by atoms with E-state index in [0.717, 1.165) is 28.9 Å². The topological polar surface area (TPSA) is 87.2 Å². The maximum absolute atomic E-state index is 13.3. The molecule has 3 rings (SSSR count). The fourth-order valence-corrected chi connectivity index (χ4v) is 4.72. The van der Waals surface area contributed by atoms with Crippen LogP contribution in [0.1, 0.15) is 63.5 Å². The summed E-state index contributed by atoms with van der Waals surface area (Å²) in [6.07, 6.45) is 1.95. The van der Waals surface area contributed by atoms with Gasteiger partial charge >= 0.3 is 5.97 Å². The number of nitrogens with zero attached hydrogens (tertiary/aromatic N) is 2. The van der Waals surface area contributed by atoms with Gasteiger partial charge in [-0.2, -0.15) is 0 Å². The molecule has 1 amide bonds. The van der Waals surface area contributed by atoms with Crippen LogP contribution in [0.5, 0.6) is 5.75 Å². The molecular formula is C25H34N2O5. The van der Waals surface area contributed by atoms with Crippen molar-refractivity contribution < 1.29 is 24.2 Å². The molecule has 2 unspecified atom stereocenters. The van der Waals surface area contributed by atoms with E-state index < -0.39 is 12.0 Å². The number of carbonyl (C=O) groups is 3. The third-order valence-corrected chi connectivity index (χ3v) is 6.90. The second-order valence-electron chi connectivity index (χ2n) is 8.75. The molecule has 0 saturated carbocycles. The number of carbonyl (C=O) groups excluding carboxylic acids is 2. The number of hydrogen-bond donors (Lipinski definition) is 1. The summed E-state index contributed by atoms with van der Waals surface area (Å²) in [6.45, 7) is 7.99. The zero-order chi connectivity index (χ0) is 23.4. The average molecular weight is 443 g/mol. The number of aliphatic carboxylic acids is 1. The molecule has 0 aromatic heterocycles. The molecule has 7 nitrogen and oxygen atoms in total. The molecule has 2 atom stereocenters. The Morgan fingerprint density at radius 3 is 2.62 bits per heavy atom. The number of Topliss-reactive ketones (excluding diaryl/α,β-unsaturated/α-hetero) is 1. The second kappa shape index (κ2) is 10.3. The third kappa shape index (κ3) is 5.04. The van der Waals surface area contributed by atoms with E-state index in [9.17, 15) is 19.5 Å². The van der Waals surface area contributed by atoms with E-state index >= 15 is 0 Å². The fraction of sp³-hybridized carbons (Fsp3) is 0.560. The molecule has 1 heterocycles. The van der Waals surface area contributed by atoms with Gasteiger partial charge in [0, 0.05) is 38.4 Å². The van der Waals surface area contributed by atoms with Crippen molar-refractivity contribution in [1.29, 1.82) is 0 Å². The summed E-state index contributed by atoms with van der Waals surface area (Å²) >= 11 is 0. The highest BCUT2D eigenvalue weighted by molar-refractivity contribution is 5.94. The molecule has 0 radical (unpaired) electrons. The maximum atomic E-state index is 13.3. The zero-order valence-electron chi connectivity index (χ0n) is 19.5. The fourth-order valence-electron chi connectivity index (χ4n) is 4.72. The minimum absolute atomic E-state index is 0.157. The van der Waals surface area contributed by atoms with Gasteiger partial charge in [0.1, 0.15) is 17.6 Å². The van der Waals surface area contributed by atoms with Crippen molar-refractivity contribution in [3.63, 3.8) is 0 Å². The predicted octanol–water partition coefficient (Wildman–Crippen LogP) is 3.33. The lowest BCUT2D eigenvalue weighted by atomic mass is 9.99. The van der Waals surface area contributed by atoms with Gasteiger partial charge in [0.25, 0.3) is 0 Å². The molecule has 1 aromatic carbocycles. The van der Waals surface area contributed by atoms with E-state index in [1.807, 2.05) is 36.9 Å². The average Bonchev–Trinajstić information content (AvgIpc) is 3.02. The number of methoxy groups -OCH3 is 1. The van der Waals surface area contributed by atoms with Gasteiger partial charge in [-0.1, -0.05) is 25.5 Å². The summed E-state index contributed by atoms with van der Waals surface area (Å²) in [5, 5.41) is 9.80. The van der Waals surface area contributed by atoms with Crippen LogP contribution in [-0.2, 0) is 14.4 Å². The van der Waals surface area contributed by atoms with E-state index in [4.69, 9.17) is 4.74 Å². The summed E-state index contributed by atoms with van der Waals surface area (Å²) in [5.74, 6) is 0.0430. The summed E-state index contributed by atoms with van der Waals surface area (Å²) in [4.78, 5) is 40.3. The molecule has 32 heavy (non-hydrogen) atoms. The first-order valence-corrected chi connectivity index (χ1v) is 11.4. The predicted molar refractivity (Wildman–Crippen MR) is 123 cm³/mol. The molecular weight excluding hydrogens is 408 g/mol. The number of benzene rings is 1. The smallest absolute Gasteiger partial charge is 0.327 e. The van der Waals surface area contributed by atoms with Crippen LogP contribution in [0.2, 0.25) is 0 Å². The molecule has 1 aliphatic heterocycles. The van der Waals surface area contributed by atoms with Crippen LogP contribution in [0.25, 0.3) is 5.57 Å². The van der Waals surface area contributed by atoms with Crippen LogP contribution in [-0.4, -0.2) is 71.9 Å². The lowest BCUT2D eigenvalue weighted by Gasteiger charge is -2.39. The Kier molecular flexibility index (Phi) is 7.72. The number of fused-ring (bicyclic) bond motifs is 1. The molecule has 1 aliphatic carbocycles. The first-order valence-electron chi connectivity index (χ1n) is 11.4. The van der Waals surface area contributed by atoms with Crippen molar-refractivity contribution in [2.24, 2.45) is 0 Å². The van der Waals surface area contributed by atoms with E-state index in [0.29, 0.717) is 39.0 Å². The Hall–Kier alpha value is -2.67. The number of hydrogen-bond acceptors (Lipinski definition) is 5. The minimum atomic E-state index is -0.986. The van der Waals surface area contributed by atoms with Crippen molar-refractivity contribution in [1.82, 2.24) is 9.80 Å². The minimum Gasteiger partial charge on any atom is -0.497 e. The van der Waals surface area contributed by atoms with Crippen LogP contribution in [0, 0.1) is 0 Å². The normalized spacial score (nSPS) is 20.9. The van der Waals surface area contributed by atoms with Crippen molar-refractivity contribution in [3.05, 3.63) is 34.9 Å². The Bertz CT molecular complexity index is 923. The van der Waals surface area contributed by atoms with Crippen LogP contribution < -0.4 is 4.74 Å². The third-order valence-electron chi connectivity index (χ3n) is 6.90. The standard InChI is InChI=1S/C25H34N2O5/c1-5-18(28)7-6-10-26-11-12-27(23(15-26)25(30)31)24(29)14-21-17(3)16(2)20-9-8-19(32-4)13-22(20)21/h8-9,13,16,23H,5-7,10-12,14-15H2,1-4H3,(H,30,31). The number of ether oxygens (including phenoxy) is 1. The second-order valence-corrected chi connectivity index (χ2v) is 8.75. The summed E-state index contributed by atoms with van der Waals surface area (Å²) in [5.41, 5.74) is 4.31. The zero-order valence-corrected chi connectivity index (χ0v) is 19.5. The highest BCUT2D eigenvalue weighted by Gasteiger charge is 2.36. The first-order chi connectivity index (χ1) is 15.3. The van der Waals surface area contributed by atoms with E-state index in [2.05, 4.69) is 6.92 Å². The summed E-state index contributed by atoms with van der Waals surface area (Å²) in [7, 11) is 1.62. The number of piperazine rings is 1. The summed E-state index contributed by atoms with van der Waals surface area (Å²) < 4.78 is 5.37. The highest BCUT2D eigenvalue weighted by Crippen LogP contribution is 2.44. The van der Waals surface area contributed by atoms with E-state index in [1.54, 1.807) is 7.11 Å². The molecule has 2 aliphatic rings. The van der Waals surface area contributed by atoms with E-state index in [-0.39, 0.29) is 24.0 Å². The molecule has 7 heteroatoms. The molecule has 1 N–H and O–H groups in total. The van der Waals surface area contributed by atoms with Gasteiger partial charge in [-0.25, -0.2) is 4.79 Å². The summed E-state index contributed by atoms with van der Waals surface area (Å²) in [6, 6.07) is 5.07. The van der Waals surface area contributed by atoms with Gasteiger partial charge in [0.2, 0.25) is 5.91 Å². The molecule has 1 saturated heterocycles. The van der Waals surface area contributed by atoms with Gasteiger partial charge < -0.3 is 14.7 Å². The number of carboxylic acid groups (broad SMARTS) is 1. The number of amides is 1. The number of allylic oxidation sites excluding steroid dienone is 1. The van der Waals surface area contributed by atoms with Crippen molar-refractivity contribution in [3.8, 4) is 5.75 Å². The lowest BCUT2D eigenvalue weighted by molar-refractivity contribution is -0.153. The quantitative estimate of drug-likeness (QED) is 0.631. The first kappa shape index (κ1) is 24.0. The van der Waals surface area contributed by atoms with Gasteiger partial charge in [0.15, 0.2) is 0 Å². The number of carboxylic acids is 1. The molecule has 174 valence electrons. The van der Waals surface area contributed by atoms with Crippen molar-refractivity contribution in [2.75, 3.05) is 33.3 Å². The number of rotatable bonds is 9. The Morgan fingerprint density at radius 1 is 1.22 bits per heavy atom. The van der Waals surface area contributed by atoms with E-state index in [1.165, 1.54) is 10.5 Å². The van der Waals surface area contributed by atoms with Crippen LogP contribution in [0.15, 0.2) is 23.8 Å². The monoisotopic (exact) mass is 442 g/mol. The lowest BCUT2D eigenvalue weighted by Crippen LogP contribution is -2.58. The van der Waals surface area contributed by atoms with Crippen molar-refractivity contribution in [2.45, 2.75) is 58.4 Å². The maximum Gasteiger partial charge on any atom is 0.327 e. The van der Waals surface area contributed by atoms with Gasteiger partial charge in [-0.05, 0) is 48.7 Å². The Morgan fingerprint density at radius 2 is 1.97 bits per heavy atom. The highest BCUT2D eigenvalue weighted by atomic mass is 16.5. The molecule has 0 bridgehead atoms. The van der Waals surface area contributed by atoms with Crippen LogP contribution in [0.3, 0.4) is 0 Å². The Labute approximate surface area is 190 Å². The van der Waals surface area contributed by atoms with Crippen LogP contribution in [0.4, 0.5) is 0 Å². The van der Waals surface area contributed by atoms with Crippen molar-refractivity contribution >= 4 is 23.2 Å². The van der Waals surface area contributed by atoms with Crippen LogP contribution >= 0.6 is 0 Å². The molecule has 0 spiro atoms. The Balaban J connectivity index is 1.70. The largest absolute Gasteiger partial charge is 0.497 e. The molecule has 1 aromatic rings. The molecule has 1 fully saturated rings. The van der Waals surface area contributed by atoms with Gasteiger partial charge in [0.05, 0.1) is 13.5 Å². The SMILES string of the molecule is CCC(=O)CCCN1CCN(C(=O)CC2=C(C)C(C)c3ccc(OC)cc32)C(C(=O)O)C1. The van der Waals surface area contributed by atoms with Gasteiger partial charge in [-0.3, -0.25) is 14.5 Å². The van der Waals surface area contributed by atoms with Gasteiger partial charge in [-0.15, -0.1) is 0 Å². The number of ketones is 1.